The van der Waals surface area contributed by atoms with Gasteiger partial charge in [-0.05, 0) is 23.9 Å². The zero-order valence-corrected chi connectivity index (χ0v) is 10.3. The smallest absolute Gasteiger partial charge is 0.310 e. The first-order valence-corrected chi connectivity index (χ1v) is 5.92. The Morgan fingerprint density at radius 3 is 2.59 bits per heavy atom. The molecule has 0 fully saturated rings. The average molecular weight is 249 g/mol. The quantitative estimate of drug-likeness (QED) is 0.776. The van der Waals surface area contributed by atoms with Gasteiger partial charge in [0.05, 0.1) is 13.0 Å². The van der Waals surface area contributed by atoms with Crippen LogP contribution in [0, 0.1) is 0 Å². The summed E-state index contributed by atoms with van der Waals surface area (Å²) in [5, 5.41) is 2.68. The highest BCUT2D eigenvalue weighted by Gasteiger charge is 2.09. The molecule has 0 unspecified atom stereocenters. The lowest BCUT2D eigenvalue weighted by atomic mass is 10.0. The van der Waals surface area contributed by atoms with Gasteiger partial charge in [-0.3, -0.25) is 4.79 Å². The van der Waals surface area contributed by atoms with Crippen molar-refractivity contribution in [3.8, 4) is 0 Å². The van der Waals surface area contributed by atoms with E-state index in [1.165, 1.54) is 0 Å². The Labute approximate surface area is 105 Å². The molecule has 0 heterocycles. The molecule has 0 saturated carbocycles. The summed E-state index contributed by atoms with van der Waals surface area (Å²) < 4.78 is 4.95. The molecule has 0 atom stereocenters. The van der Waals surface area contributed by atoms with E-state index in [9.17, 15) is 4.79 Å². The van der Waals surface area contributed by atoms with Crippen LogP contribution in [0.4, 0.5) is 0 Å². The van der Waals surface area contributed by atoms with Gasteiger partial charge >= 0.3 is 5.97 Å². The minimum Gasteiger partial charge on any atom is -0.466 e. The van der Waals surface area contributed by atoms with E-state index >= 15 is 0 Å². The summed E-state index contributed by atoms with van der Waals surface area (Å²) in [5.41, 5.74) is 0.948. The SMILES string of the molecule is CCOC(=O)Cc1ccc(Cl)c2ccccc12. The number of fused-ring (bicyclic) bond motifs is 1. The Kier molecular flexibility index (Phi) is 3.64. The minimum absolute atomic E-state index is 0.208. The molecule has 0 N–H and O–H groups in total. The van der Waals surface area contributed by atoms with Gasteiger partial charge < -0.3 is 4.74 Å². The molecule has 17 heavy (non-hydrogen) atoms. The molecule has 2 nitrogen and oxygen atoms in total. The molecular formula is C14H13ClO2. The van der Waals surface area contributed by atoms with Gasteiger partial charge in [0.1, 0.15) is 0 Å². The number of esters is 1. The van der Waals surface area contributed by atoms with Crippen LogP contribution < -0.4 is 0 Å². The Bertz CT molecular complexity index is 549. The van der Waals surface area contributed by atoms with Crippen molar-refractivity contribution in [1.82, 2.24) is 0 Å². The van der Waals surface area contributed by atoms with E-state index < -0.39 is 0 Å². The van der Waals surface area contributed by atoms with Crippen molar-refractivity contribution in [1.29, 1.82) is 0 Å². The Morgan fingerprint density at radius 1 is 1.18 bits per heavy atom. The van der Waals surface area contributed by atoms with Gasteiger partial charge in [0.25, 0.3) is 0 Å². The van der Waals surface area contributed by atoms with Gasteiger partial charge in [-0.1, -0.05) is 41.9 Å². The topological polar surface area (TPSA) is 26.3 Å². The molecule has 0 radical (unpaired) electrons. The van der Waals surface area contributed by atoms with Gasteiger partial charge in [-0.15, -0.1) is 0 Å². The predicted molar refractivity (Wildman–Crippen MR) is 69.3 cm³/mol. The molecule has 0 bridgehead atoms. The number of benzene rings is 2. The molecule has 88 valence electrons. The van der Waals surface area contributed by atoms with Gasteiger partial charge in [-0.25, -0.2) is 0 Å². The normalized spacial score (nSPS) is 10.5. The zero-order valence-electron chi connectivity index (χ0n) is 9.57. The van der Waals surface area contributed by atoms with Crippen LogP contribution in [-0.2, 0) is 16.0 Å². The molecule has 2 aromatic rings. The maximum atomic E-state index is 11.5. The van der Waals surface area contributed by atoms with E-state index in [1.807, 2.05) is 36.4 Å². The third-order valence-corrected chi connectivity index (χ3v) is 2.93. The Hall–Kier alpha value is -1.54. The molecule has 0 aliphatic carbocycles. The van der Waals surface area contributed by atoms with Crippen LogP contribution in [-0.4, -0.2) is 12.6 Å². The van der Waals surface area contributed by atoms with Crippen molar-refractivity contribution < 1.29 is 9.53 Å². The fraction of sp³-hybridized carbons (Fsp3) is 0.214. The third kappa shape index (κ3) is 2.59. The van der Waals surface area contributed by atoms with Gasteiger partial charge in [0.15, 0.2) is 0 Å². The Balaban J connectivity index is 2.41. The summed E-state index contributed by atoms with van der Waals surface area (Å²) in [5.74, 6) is -0.208. The van der Waals surface area contributed by atoms with Crippen LogP contribution in [0.5, 0.6) is 0 Å². The number of carbonyl (C=O) groups is 1. The summed E-state index contributed by atoms with van der Waals surface area (Å²) in [6.45, 7) is 2.21. The van der Waals surface area contributed by atoms with Crippen molar-refractivity contribution in [2.24, 2.45) is 0 Å². The standard InChI is InChI=1S/C14H13ClO2/c1-2-17-14(16)9-10-7-8-13(15)12-6-4-3-5-11(10)12/h3-8H,2,9H2,1H3. The van der Waals surface area contributed by atoms with Crippen LogP contribution in [0.3, 0.4) is 0 Å². The second-order valence-corrected chi connectivity index (χ2v) is 4.14. The van der Waals surface area contributed by atoms with Gasteiger partial charge in [-0.2, -0.15) is 0 Å². The summed E-state index contributed by atoms with van der Waals surface area (Å²) in [6.07, 6.45) is 0.283. The number of hydrogen-bond acceptors (Lipinski definition) is 2. The number of hydrogen-bond donors (Lipinski definition) is 0. The zero-order chi connectivity index (χ0) is 12.3. The first-order chi connectivity index (χ1) is 8.22. The number of rotatable bonds is 3. The minimum atomic E-state index is -0.208. The van der Waals surface area contributed by atoms with E-state index in [0.717, 1.165) is 16.3 Å². The van der Waals surface area contributed by atoms with E-state index in [-0.39, 0.29) is 12.4 Å². The highest BCUT2D eigenvalue weighted by Crippen LogP contribution is 2.26. The highest BCUT2D eigenvalue weighted by molar-refractivity contribution is 6.35. The molecule has 0 saturated heterocycles. The molecule has 0 aliphatic heterocycles. The van der Waals surface area contributed by atoms with Crippen molar-refractivity contribution >= 4 is 28.3 Å². The fourth-order valence-corrected chi connectivity index (χ4v) is 2.07. The lowest BCUT2D eigenvalue weighted by molar-refractivity contribution is -0.142. The highest BCUT2D eigenvalue weighted by atomic mass is 35.5. The molecule has 2 rings (SSSR count). The Morgan fingerprint density at radius 2 is 1.88 bits per heavy atom. The van der Waals surface area contributed by atoms with E-state index in [2.05, 4.69) is 0 Å². The van der Waals surface area contributed by atoms with Crippen LogP contribution in [0.1, 0.15) is 12.5 Å². The third-order valence-electron chi connectivity index (χ3n) is 2.60. The number of carbonyl (C=O) groups excluding carboxylic acids is 1. The molecule has 2 aromatic carbocycles. The second-order valence-electron chi connectivity index (χ2n) is 3.73. The van der Waals surface area contributed by atoms with Crippen LogP contribution >= 0.6 is 11.6 Å². The van der Waals surface area contributed by atoms with E-state index in [4.69, 9.17) is 16.3 Å². The molecular weight excluding hydrogens is 236 g/mol. The molecule has 0 spiro atoms. The van der Waals surface area contributed by atoms with E-state index in [1.54, 1.807) is 6.92 Å². The first-order valence-electron chi connectivity index (χ1n) is 5.54. The summed E-state index contributed by atoms with van der Waals surface area (Å²) in [4.78, 5) is 11.5. The van der Waals surface area contributed by atoms with E-state index in [0.29, 0.717) is 11.6 Å². The van der Waals surface area contributed by atoms with Gasteiger partial charge in [0.2, 0.25) is 0 Å². The lowest BCUT2D eigenvalue weighted by Crippen LogP contribution is -2.07. The lowest BCUT2D eigenvalue weighted by Gasteiger charge is -2.07. The molecule has 3 heteroatoms. The summed E-state index contributed by atoms with van der Waals surface area (Å²) in [6, 6.07) is 11.5. The fourth-order valence-electron chi connectivity index (χ4n) is 1.85. The van der Waals surface area contributed by atoms with Crippen molar-refractivity contribution in [3.05, 3.63) is 47.0 Å². The van der Waals surface area contributed by atoms with Gasteiger partial charge in [0, 0.05) is 10.4 Å². The summed E-state index contributed by atoms with van der Waals surface area (Å²) >= 11 is 6.11. The second kappa shape index (κ2) is 5.19. The van der Waals surface area contributed by atoms with Crippen LogP contribution in [0.2, 0.25) is 5.02 Å². The van der Waals surface area contributed by atoms with Crippen molar-refractivity contribution in [2.75, 3.05) is 6.61 Å². The monoisotopic (exact) mass is 248 g/mol. The number of halogens is 1. The van der Waals surface area contributed by atoms with Crippen molar-refractivity contribution in [2.45, 2.75) is 13.3 Å². The predicted octanol–water partition coefficient (Wildman–Crippen LogP) is 3.60. The maximum absolute atomic E-state index is 11.5. The summed E-state index contributed by atoms with van der Waals surface area (Å²) in [7, 11) is 0. The number of ether oxygens (including phenoxy) is 1. The molecule has 0 aromatic heterocycles. The van der Waals surface area contributed by atoms with Crippen molar-refractivity contribution in [3.63, 3.8) is 0 Å². The van der Waals surface area contributed by atoms with Crippen LogP contribution in [0.25, 0.3) is 10.8 Å². The van der Waals surface area contributed by atoms with Crippen LogP contribution in [0.15, 0.2) is 36.4 Å². The first kappa shape index (κ1) is 11.9. The average Bonchev–Trinajstić information content (AvgIpc) is 2.34. The molecule has 0 amide bonds. The largest absolute Gasteiger partial charge is 0.466 e. The maximum Gasteiger partial charge on any atom is 0.310 e. The molecule has 0 aliphatic rings.